The summed E-state index contributed by atoms with van der Waals surface area (Å²) in [7, 11) is 0. The molecule has 0 amide bonds. The van der Waals surface area contributed by atoms with Crippen molar-refractivity contribution in [2.24, 2.45) is 0 Å². The molecule has 0 aliphatic carbocycles. The monoisotopic (exact) mass is 394 g/mol. The number of hydrogen-bond donors (Lipinski definition) is 0. The maximum atomic E-state index is 14.0. The van der Waals surface area contributed by atoms with Gasteiger partial charge in [0.25, 0.3) is 0 Å². The number of rotatable bonds is 6. The third kappa shape index (κ3) is 4.84. The molecule has 0 N–H and O–H groups in total. The molecule has 1 fully saturated rings. The van der Waals surface area contributed by atoms with Gasteiger partial charge in [0.2, 0.25) is 11.2 Å². The summed E-state index contributed by atoms with van der Waals surface area (Å²) >= 11 is 0. The van der Waals surface area contributed by atoms with Crippen LogP contribution >= 0.6 is 0 Å². The zero-order valence-corrected chi connectivity index (χ0v) is 16.1. The van der Waals surface area contributed by atoms with Gasteiger partial charge < -0.3 is 14.1 Å². The molecule has 0 spiro atoms. The average Bonchev–Trinajstić information content (AvgIpc) is 2.75. The molecule has 2 aromatic carbocycles. The predicted octanol–water partition coefficient (Wildman–Crippen LogP) is 3.68. The summed E-state index contributed by atoms with van der Waals surface area (Å²) in [6, 6.07) is 18.0. The first-order valence-corrected chi connectivity index (χ1v) is 9.69. The van der Waals surface area contributed by atoms with Crippen LogP contribution in [-0.4, -0.2) is 31.1 Å². The standard InChI is InChI=1S/C23H23FN2O3/c24-20-8-4-5-9-21(20)26-12-10-25(11-13-26)15-19-14-22(27)23(17-28-19)29-16-18-6-2-1-3-7-18/h1-9,14,17H,10-13,15-16H2. The smallest absolute Gasteiger partial charge is 0.227 e. The van der Waals surface area contributed by atoms with Gasteiger partial charge in [-0.2, -0.15) is 0 Å². The van der Waals surface area contributed by atoms with Crippen molar-refractivity contribution in [2.45, 2.75) is 13.2 Å². The maximum Gasteiger partial charge on any atom is 0.227 e. The van der Waals surface area contributed by atoms with Gasteiger partial charge in [-0.15, -0.1) is 0 Å². The SMILES string of the molecule is O=c1cc(CN2CCN(c3ccccc3F)CC2)occ1OCc1ccccc1. The van der Waals surface area contributed by atoms with Crippen molar-refractivity contribution >= 4 is 5.69 Å². The first-order valence-electron chi connectivity index (χ1n) is 9.69. The van der Waals surface area contributed by atoms with E-state index in [-0.39, 0.29) is 17.0 Å². The van der Waals surface area contributed by atoms with Gasteiger partial charge >= 0.3 is 0 Å². The van der Waals surface area contributed by atoms with Crippen LogP contribution in [0.15, 0.2) is 76.1 Å². The summed E-state index contributed by atoms with van der Waals surface area (Å²) in [6.07, 6.45) is 1.39. The minimum Gasteiger partial charge on any atom is -0.482 e. The van der Waals surface area contributed by atoms with Crippen LogP contribution in [0.1, 0.15) is 11.3 Å². The molecule has 3 aromatic rings. The third-order valence-electron chi connectivity index (χ3n) is 5.03. The lowest BCUT2D eigenvalue weighted by atomic mass is 10.2. The van der Waals surface area contributed by atoms with Gasteiger partial charge in [0.15, 0.2) is 0 Å². The van der Waals surface area contributed by atoms with E-state index in [0.29, 0.717) is 24.6 Å². The second-order valence-electron chi connectivity index (χ2n) is 7.06. The molecular weight excluding hydrogens is 371 g/mol. The molecule has 6 heteroatoms. The highest BCUT2D eigenvalue weighted by molar-refractivity contribution is 5.48. The summed E-state index contributed by atoms with van der Waals surface area (Å²) in [4.78, 5) is 16.6. The lowest BCUT2D eigenvalue weighted by Gasteiger charge is -2.35. The van der Waals surface area contributed by atoms with Crippen molar-refractivity contribution in [1.82, 2.24) is 4.90 Å². The van der Waals surface area contributed by atoms with Crippen molar-refractivity contribution in [2.75, 3.05) is 31.1 Å². The molecule has 29 heavy (non-hydrogen) atoms. The van der Waals surface area contributed by atoms with Gasteiger partial charge in [-0.3, -0.25) is 9.69 Å². The summed E-state index contributed by atoms with van der Waals surface area (Å²) in [5.41, 5.74) is 1.44. The van der Waals surface area contributed by atoms with E-state index in [9.17, 15) is 9.18 Å². The highest BCUT2D eigenvalue weighted by Gasteiger charge is 2.20. The molecule has 1 aliphatic rings. The van der Waals surface area contributed by atoms with Crippen LogP contribution in [0.2, 0.25) is 0 Å². The predicted molar refractivity (Wildman–Crippen MR) is 110 cm³/mol. The molecule has 0 unspecified atom stereocenters. The molecule has 1 aliphatic heterocycles. The Kier molecular flexibility index (Phi) is 5.91. The summed E-state index contributed by atoms with van der Waals surface area (Å²) < 4.78 is 25.2. The Hall–Kier alpha value is -3.12. The van der Waals surface area contributed by atoms with Crippen molar-refractivity contribution in [3.05, 3.63) is 94.3 Å². The van der Waals surface area contributed by atoms with E-state index < -0.39 is 0 Å². The number of ether oxygens (including phenoxy) is 1. The fourth-order valence-corrected chi connectivity index (χ4v) is 3.44. The average molecular weight is 394 g/mol. The van der Waals surface area contributed by atoms with Crippen LogP contribution in [0.25, 0.3) is 0 Å². The van der Waals surface area contributed by atoms with Crippen molar-refractivity contribution < 1.29 is 13.5 Å². The van der Waals surface area contributed by atoms with Crippen molar-refractivity contribution in [1.29, 1.82) is 0 Å². The van der Waals surface area contributed by atoms with E-state index in [2.05, 4.69) is 4.90 Å². The number of piperazine rings is 1. The summed E-state index contributed by atoms with van der Waals surface area (Å²) in [6.45, 7) is 3.85. The van der Waals surface area contributed by atoms with Crippen LogP contribution in [0.5, 0.6) is 5.75 Å². The Morgan fingerprint density at radius 1 is 0.966 bits per heavy atom. The van der Waals surface area contributed by atoms with E-state index >= 15 is 0 Å². The number of nitrogens with zero attached hydrogens (tertiary/aromatic N) is 2. The number of anilines is 1. The molecule has 0 saturated carbocycles. The van der Waals surface area contributed by atoms with Crippen LogP contribution in [0.4, 0.5) is 10.1 Å². The summed E-state index contributed by atoms with van der Waals surface area (Å²) in [5.74, 6) is 0.612. The Bertz CT molecular complexity index is 998. The van der Waals surface area contributed by atoms with E-state index in [1.54, 1.807) is 12.1 Å². The van der Waals surface area contributed by atoms with Crippen LogP contribution < -0.4 is 15.1 Å². The Morgan fingerprint density at radius 2 is 1.69 bits per heavy atom. The fourth-order valence-electron chi connectivity index (χ4n) is 3.44. The Labute approximate surface area is 168 Å². The quantitative estimate of drug-likeness (QED) is 0.638. The number of para-hydroxylation sites is 1. The Morgan fingerprint density at radius 3 is 2.41 bits per heavy atom. The van der Waals surface area contributed by atoms with E-state index in [0.717, 1.165) is 31.7 Å². The largest absolute Gasteiger partial charge is 0.482 e. The van der Waals surface area contributed by atoms with Gasteiger partial charge in [0.05, 0.1) is 12.2 Å². The molecule has 150 valence electrons. The van der Waals surface area contributed by atoms with Gasteiger partial charge in [0.1, 0.15) is 24.4 Å². The number of benzene rings is 2. The molecule has 0 radical (unpaired) electrons. The zero-order chi connectivity index (χ0) is 20.1. The summed E-state index contributed by atoms with van der Waals surface area (Å²) in [5, 5.41) is 0. The van der Waals surface area contributed by atoms with Gasteiger partial charge in [-0.05, 0) is 17.7 Å². The minimum absolute atomic E-state index is 0.188. The van der Waals surface area contributed by atoms with E-state index in [1.807, 2.05) is 41.3 Å². The number of halogens is 1. The fraction of sp³-hybridized carbons (Fsp3) is 0.261. The first kappa shape index (κ1) is 19.2. The molecule has 0 bridgehead atoms. The molecular formula is C23H23FN2O3. The second-order valence-corrected chi connectivity index (χ2v) is 7.06. The normalized spacial score (nSPS) is 14.7. The van der Waals surface area contributed by atoms with Crippen molar-refractivity contribution in [3.8, 4) is 5.75 Å². The molecule has 1 saturated heterocycles. The van der Waals surface area contributed by atoms with Crippen LogP contribution in [0, 0.1) is 5.82 Å². The maximum absolute atomic E-state index is 14.0. The molecule has 0 atom stereocenters. The molecule has 5 nitrogen and oxygen atoms in total. The van der Waals surface area contributed by atoms with Gasteiger partial charge in [-0.25, -0.2) is 4.39 Å². The third-order valence-corrected chi connectivity index (χ3v) is 5.03. The second kappa shape index (κ2) is 8.92. The first-order chi connectivity index (χ1) is 14.2. The lowest BCUT2D eigenvalue weighted by molar-refractivity contribution is 0.224. The zero-order valence-electron chi connectivity index (χ0n) is 16.1. The molecule has 2 heterocycles. The molecule has 1 aromatic heterocycles. The number of hydrogen-bond acceptors (Lipinski definition) is 5. The highest BCUT2D eigenvalue weighted by Crippen LogP contribution is 2.21. The topological polar surface area (TPSA) is 45.9 Å². The van der Waals surface area contributed by atoms with Crippen molar-refractivity contribution in [3.63, 3.8) is 0 Å². The van der Waals surface area contributed by atoms with Crippen LogP contribution in [0.3, 0.4) is 0 Å². The minimum atomic E-state index is -0.196. The molecule has 4 rings (SSSR count). The lowest BCUT2D eigenvalue weighted by Crippen LogP contribution is -2.46. The highest BCUT2D eigenvalue weighted by atomic mass is 19.1. The van der Waals surface area contributed by atoms with E-state index in [4.69, 9.17) is 9.15 Å². The van der Waals surface area contributed by atoms with Gasteiger partial charge in [-0.1, -0.05) is 42.5 Å². The van der Waals surface area contributed by atoms with Crippen LogP contribution in [-0.2, 0) is 13.2 Å². The Balaban J connectivity index is 1.32. The van der Waals surface area contributed by atoms with E-state index in [1.165, 1.54) is 18.4 Å². The van der Waals surface area contributed by atoms with Gasteiger partial charge in [0, 0.05) is 32.2 Å².